The third kappa shape index (κ3) is 3.78. The lowest BCUT2D eigenvalue weighted by Gasteiger charge is -2.34. The van der Waals surface area contributed by atoms with Gasteiger partial charge in [-0.25, -0.2) is 0 Å². The Bertz CT molecular complexity index is 583. The van der Waals surface area contributed by atoms with E-state index in [-0.39, 0.29) is 11.8 Å². The van der Waals surface area contributed by atoms with Gasteiger partial charge in [0.1, 0.15) is 5.54 Å². The minimum atomic E-state index is -0.830. The van der Waals surface area contributed by atoms with E-state index in [1.807, 2.05) is 31.2 Å². The number of carbonyl (C=O) groups excluding carboxylic acids is 2. The van der Waals surface area contributed by atoms with Crippen LogP contribution in [0.25, 0.3) is 0 Å². The Labute approximate surface area is 144 Å². The van der Waals surface area contributed by atoms with Crippen LogP contribution in [-0.2, 0) is 14.3 Å². The number of rotatable bonds is 7. The van der Waals surface area contributed by atoms with Crippen molar-refractivity contribution in [2.45, 2.75) is 51.5 Å². The van der Waals surface area contributed by atoms with Crippen LogP contribution in [0.5, 0.6) is 0 Å². The molecule has 0 spiro atoms. The molecule has 1 fully saturated rings. The highest BCUT2D eigenvalue weighted by Gasteiger charge is 2.47. The van der Waals surface area contributed by atoms with Crippen molar-refractivity contribution in [2.24, 2.45) is 0 Å². The largest absolute Gasteiger partial charge is 0.385 e. The van der Waals surface area contributed by atoms with E-state index in [0.29, 0.717) is 31.9 Å². The number of benzene rings is 1. The molecule has 0 bridgehead atoms. The maximum absolute atomic E-state index is 12.7. The number of nitrogens with zero attached hydrogens (tertiary/aromatic N) is 1. The standard InChI is InChI=1S/C19H28N2O3/c1-14(2)15-6-8-16(9-7-15)21-17(22)10-11-19(21,3)18(23)20-12-5-13-24-4/h6-9,14H,5,10-13H2,1-4H3,(H,20,23)/t19-/m0/s1. The highest BCUT2D eigenvalue weighted by atomic mass is 16.5. The van der Waals surface area contributed by atoms with E-state index in [1.165, 1.54) is 5.56 Å². The van der Waals surface area contributed by atoms with Crippen molar-refractivity contribution in [1.82, 2.24) is 5.32 Å². The zero-order valence-corrected chi connectivity index (χ0v) is 15.1. The summed E-state index contributed by atoms with van der Waals surface area (Å²) in [6.07, 6.45) is 1.69. The molecule has 1 aromatic carbocycles. The number of methoxy groups -OCH3 is 1. The summed E-state index contributed by atoms with van der Waals surface area (Å²) in [7, 11) is 1.64. The molecule has 132 valence electrons. The summed E-state index contributed by atoms with van der Waals surface area (Å²) in [5.74, 6) is 0.336. The van der Waals surface area contributed by atoms with Crippen LogP contribution in [0.2, 0.25) is 0 Å². The molecule has 1 atom stereocenters. The average molecular weight is 332 g/mol. The van der Waals surface area contributed by atoms with Gasteiger partial charge in [-0.05, 0) is 43.4 Å². The zero-order valence-electron chi connectivity index (χ0n) is 15.1. The minimum absolute atomic E-state index is 0.00170. The number of anilines is 1. The van der Waals surface area contributed by atoms with Crippen molar-refractivity contribution >= 4 is 17.5 Å². The second-order valence-electron chi connectivity index (χ2n) is 6.85. The lowest BCUT2D eigenvalue weighted by atomic mass is 9.96. The molecular formula is C19H28N2O3. The molecule has 0 saturated carbocycles. The molecule has 24 heavy (non-hydrogen) atoms. The summed E-state index contributed by atoms with van der Waals surface area (Å²) >= 11 is 0. The van der Waals surface area contributed by atoms with Gasteiger partial charge < -0.3 is 10.1 Å². The summed E-state index contributed by atoms with van der Waals surface area (Å²) in [6, 6.07) is 7.94. The van der Waals surface area contributed by atoms with Crippen molar-refractivity contribution in [2.75, 3.05) is 25.2 Å². The Morgan fingerprint density at radius 3 is 2.58 bits per heavy atom. The van der Waals surface area contributed by atoms with Crippen LogP contribution in [0.4, 0.5) is 5.69 Å². The molecule has 2 rings (SSSR count). The number of hydrogen-bond acceptors (Lipinski definition) is 3. The van der Waals surface area contributed by atoms with Crippen LogP contribution in [0.15, 0.2) is 24.3 Å². The maximum atomic E-state index is 12.7. The maximum Gasteiger partial charge on any atom is 0.246 e. The zero-order chi connectivity index (χ0) is 17.7. The lowest BCUT2D eigenvalue weighted by molar-refractivity contribution is -0.127. The van der Waals surface area contributed by atoms with Crippen LogP contribution >= 0.6 is 0 Å². The Morgan fingerprint density at radius 2 is 2.00 bits per heavy atom. The highest BCUT2D eigenvalue weighted by molar-refractivity contribution is 6.06. The van der Waals surface area contributed by atoms with Gasteiger partial charge in [-0.15, -0.1) is 0 Å². The summed E-state index contributed by atoms with van der Waals surface area (Å²) in [4.78, 5) is 26.8. The molecule has 1 saturated heterocycles. The molecule has 5 nitrogen and oxygen atoms in total. The molecule has 1 aliphatic rings. The first kappa shape index (κ1) is 18.5. The van der Waals surface area contributed by atoms with E-state index in [2.05, 4.69) is 19.2 Å². The third-order valence-corrected chi connectivity index (χ3v) is 4.69. The van der Waals surface area contributed by atoms with Gasteiger partial charge in [-0.2, -0.15) is 0 Å². The van der Waals surface area contributed by atoms with Crippen molar-refractivity contribution in [3.05, 3.63) is 29.8 Å². The Hall–Kier alpha value is -1.88. The number of amides is 2. The van der Waals surface area contributed by atoms with Gasteiger partial charge in [0.2, 0.25) is 11.8 Å². The smallest absolute Gasteiger partial charge is 0.246 e. The quantitative estimate of drug-likeness (QED) is 0.781. The molecule has 1 aromatic rings. The Kier molecular flexibility index (Phi) is 5.99. The van der Waals surface area contributed by atoms with E-state index in [1.54, 1.807) is 12.0 Å². The molecular weight excluding hydrogens is 304 g/mol. The fourth-order valence-electron chi connectivity index (χ4n) is 3.11. The van der Waals surface area contributed by atoms with Crippen molar-refractivity contribution in [1.29, 1.82) is 0 Å². The van der Waals surface area contributed by atoms with Crippen molar-refractivity contribution in [3.8, 4) is 0 Å². The molecule has 1 heterocycles. The number of hydrogen-bond donors (Lipinski definition) is 1. The van der Waals surface area contributed by atoms with E-state index in [9.17, 15) is 9.59 Å². The molecule has 0 radical (unpaired) electrons. The van der Waals surface area contributed by atoms with Gasteiger partial charge in [0, 0.05) is 32.4 Å². The monoisotopic (exact) mass is 332 g/mol. The van der Waals surface area contributed by atoms with Crippen LogP contribution in [-0.4, -0.2) is 37.6 Å². The third-order valence-electron chi connectivity index (χ3n) is 4.69. The molecule has 1 aliphatic heterocycles. The number of carbonyl (C=O) groups is 2. The van der Waals surface area contributed by atoms with E-state index in [4.69, 9.17) is 4.74 Å². The van der Waals surface area contributed by atoms with Crippen molar-refractivity contribution in [3.63, 3.8) is 0 Å². The lowest BCUT2D eigenvalue weighted by Crippen LogP contribution is -2.55. The summed E-state index contributed by atoms with van der Waals surface area (Å²) in [5.41, 5.74) is 1.18. The first-order valence-corrected chi connectivity index (χ1v) is 8.60. The Balaban J connectivity index is 2.16. The van der Waals surface area contributed by atoms with Crippen LogP contribution in [0.1, 0.15) is 51.5 Å². The predicted molar refractivity (Wildman–Crippen MR) is 95.2 cm³/mol. The van der Waals surface area contributed by atoms with Crippen LogP contribution in [0, 0.1) is 0 Å². The van der Waals surface area contributed by atoms with Gasteiger partial charge in [0.25, 0.3) is 0 Å². The van der Waals surface area contributed by atoms with Gasteiger partial charge in [-0.3, -0.25) is 14.5 Å². The minimum Gasteiger partial charge on any atom is -0.385 e. The van der Waals surface area contributed by atoms with Crippen LogP contribution < -0.4 is 10.2 Å². The predicted octanol–water partition coefficient (Wildman–Crippen LogP) is 2.85. The normalized spacial score (nSPS) is 20.7. The highest BCUT2D eigenvalue weighted by Crippen LogP contribution is 2.35. The van der Waals surface area contributed by atoms with E-state index in [0.717, 1.165) is 12.1 Å². The van der Waals surface area contributed by atoms with E-state index < -0.39 is 5.54 Å². The fraction of sp³-hybridized carbons (Fsp3) is 0.579. The van der Waals surface area contributed by atoms with Crippen LogP contribution in [0.3, 0.4) is 0 Å². The topological polar surface area (TPSA) is 58.6 Å². The second-order valence-corrected chi connectivity index (χ2v) is 6.85. The van der Waals surface area contributed by atoms with Crippen molar-refractivity contribution < 1.29 is 14.3 Å². The van der Waals surface area contributed by atoms with E-state index >= 15 is 0 Å². The summed E-state index contributed by atoms with van der Waals surface area (Å²) in [5, 5.41) is 2.94. The summed E-state index contributed by atoms with van der Waals surface area (Å²) < 4.78 is 5.00. The van der Waals surface area contributed by atoms with Gasteiger partial charge in [0.15, 0.2) is 0 Å². The van der Waals surface area contributed by atoms with Gasteiger partial charge in [-0.1, -0.05) is 26.0 Å². The summed E-state index contributed by atoms with van der Waals surface area (Å²) in [6.45, 7) is 7.27. The molecule has 1 N–H and O–H groups in total. The molecule has 2 amide bonds. The number of nitrogens with one attached hydrogen (secondary N) is 1. The average Bonchev–Trinajstić information content (AvgIpc) is 2.87. The van der Waals surface area contributed by atoms with Gasteiger partial charge in [0.05, 0.1) is 0 Å². The second kappa shape index (κ2) is 7.79. The molecule has 0 aliphatic carbocycles. The first-order chi connectivity index (χ1) is 11.4. The molecule has 0 aromatic heterocycles. The van der Waals surface area contributed by atoms with Gasteiger partial charge >= 0.3 is 0 Å². The SMILES string of the molecule is COCCCNC(=O)[C@]1(C)CCC(=O)N1c1ccc(C(C)C)cc1. The Morgan fingerprint density at radius 1 is 1.33 bits per heavy atom. The fourth-order valence-corrected chi connectivity index (χ4v) is 3.11. The first-order valence-electron chi connectivity index (χ1n) is 8.60. The molecule has 5 heteroatoms. The molecule has 0 unspecified atom stereocenters. The number of ether oxygens (including phenoxy) is 1.